The minimum absolute atomic E-state index is 0.0619. The van der Waals surface area contributed by atoms with Crippen LogP contribution in [0.25, 0.3) is 0 Å². The molecule has 0 aromatic heterocycles. The number of aliphatic hydroxyl groups excluding tert-OH is 1. The fourth-order valence-corrected chi connectivity index (χ4v) is 7.87. The van der Waals surface area contributed by atoms with Crippen molar-refractivity contribution < 1.29 is 32.9 Å². The van der Waals surface area contributed by atoms with Gasteiger partial charge in [0.2, 0.25) is 5.91 Å². The van der Waals surface area contributed by atoms with Gasteiger partial charge in [0.25, 0.3) is 0 Å². The lowest BCUT2D eigenvalue weighted by Crippen LogP contribution is -2.45. The molecule has 0 spiro atoms. The molecule has 0 rings (SSSR count). The molecule has 0 bridgehead atoms. The molecule has 0 aromatic rings. The smallest absolute Gasteiger partial charge is 0.387 e. The highest BCUT2D eigenvalue weighted by Crippen LogP contribution is 2.43. The topological polar surface area (TPSA) is 105 Å². The third-order valence-electron chi connectivity index (χ3n) is 11.1. The zero-order valence-electron chi connectivity index (χ0n) is 39.5. The number of allylic oxidation sites excluding steroid dienone is 5. The van der Waals surface area contributed by atoms with Crippen LogP contribution in [-0.2, 0) is 18.4 Å². The number of aliphatic hydroxyl groups is 1. The van der Waals surface area contributed by atoms with Crippen LogP contribution in [0.2, 0.25) is 0 Å². The maximum Gasteiger partial charge on any atom is 0.472 e. The molecule has 3 N–H and O–H groups in total. The van der Waals surface area contributed by atoms with Crippen LogP contribution < -0.4 is 5.32 Å². The molecule has 0 saturated heterocycles. The Morgan fingerprint density at radius 1 is 0.576 bits per heavy atom. The monoisotopic (exact) mass is 854 g/mol. The standard InChI is InChI=1S/C50H97N2O6P/c1-6-8-10-12-14-16-17-18-19-20-21-22-23-24-25-26-27-28-29-30-31-32-33-34-35-36-38-40-42-44-50(54)51-48(47-58-59(55,56)57-46-45-52(3,4)5)49(53)43-41-39-37-15-13-11-9-7-2/h17-18,20-21,41,43,48-49,53H,6-16,19,22-40,42,44-47H2,1-5H3,(H-,51,54,55,56)/p+1/b18-17-,21-20-,43-41+. The summed E-state index contributed by atoms with van der Waals surface area (Å²) in [7, 11) is 1.57. The Morgan fingerprint density at radius 3 is 1.39 bits per heavy atom. The molecule has 0 radical (unpaired) electrons. The zero-order chi connectivity index (χ0) is 43.6. The van der Waals surface area contributed by atoms with Crippen molar-refractivity contribution in [3.05, 3.63) is 36.5 Å². The average molecular weight is 854 g/mol. The Labute approximate surface area is 366 Å². The van der Waals surface area contributed by atoms with Crippen molar-refractivity contribution in [3.8, 4) is 0 Å². The van der Waals surface area contributed by atoms with Gasteiger partial charge in [-0.1, -0.05) is 204 Å². The van der Waals surface area contributed by atoms with Crippen molar-refractivity contribution in [1.82, 2.24) is 5.32 Å². The summed E-state index contributed by atoms with van der Waals surface area (Å²) in [6.45, 7) is 4.77. The Balaban J connectivity index is 3.99. The van der Waals surface area contributed by atoms with E-state index >= 15 is 0 Å². The van der Waals surface area contributed by atoms with E-state index in [1.54, 1.807) is 6.08 Å². The van der Waals surface area contributed by atoms with E-state index in [2.05, 4.69) is 43.5 Å². The van der Waals surface area contributed by atoms with Gasteiger partial charge in [0.1, 0.15) is 13.2 Å². The van der Waals surface area contributed by atoms with Crippen LogP contribution in [-0.4, -0.2) is 73.4 Å². The van der Waals surface area contributed by atoms with Gasteiger partial charge < -0.3 is 19.8 Å². The van der Waals surface area contributed by atoms with Crippen LogP contribution in [0, 0.1) is 0 Å². The van der Waals surface area contributed by atoms with Gasteiger partial charge in [-0.05, 0) is 51.4 Å². The van der Waals surface area contributed by atoms with Gasteiger partial charge in [-0.25, -0.2) is 4.57 Å². The van der Waals surface area contributed by atoms with E-state index in [9.17, 15) is 19.4 Å². The second kappa shape index (κ2) is 42.0. The third kappa shape index (κ3) is 44.6. The molecule has 0 saturated carbocycles. The largest absolute Gasteiger partial charge is 0.472 e. The lowest BCUT2D eigenvalue weighted by atomic mass is 10.0. The van der Waals surface area contributed by atoms with Gasteiger partial charge in [-0.15, -0.1) is 0 Å². The van der Waals surface area contributed by atoms with Gasteiger partial charge >= 0.3 is 7.82 Å². The molecule has 3 unspecified atom stereocenters. The fraction of sp³-hybridized carbons (Fsp3) is 0.860. The summed E-state index contributed by atoms with van der Waals surface area (Å²) in [6, 6.07) is -0.842. The average Bonchev–Trinajstić information content (AvgIpc) is 3.19. The number of quaternary nitrogens is 1. The van der Waals surface area contributed by atoms with Gasteiger partial charge in [-0.3, -0.25) is 13.8 Å². The number of nitrogens with zero attached hydrogens (tertiary/aromatic N) is 1. The van der Waals surface area contributed by atoms with E-state index in [0.29, 0.717) is 17.4 Å². The quantitative estimate of drug-likeness (QED) is 0.0244. The Hall–Kier alpha value is -1.28. The fourth-order valence-electron chi connectivity index (χ4n) is 7.13. The molecular formula is C50H98N2O6P+. The number of carbonyl (C=O) groups excluding carboxylic acids is 1. The van der Waals surface area contributed by atoms with E-state index in [0.717, 1.165) is 44.9 Å². The molecular weight excluding hydrogens is 756 g/mol. The van der Waals surface area contributed by atoms with Crippen molar-refractivity contribution >= 4 is 13.7 Å². The summed E-state index contributed by atoms with van der Waals surface area (Å²) >= 11 is 0. The molecule has 0 aliphatic rings. The molecule has 8 nitrogen and oxygen atoms in total. The van der Waals surface area contributed by atoms with Crippen LogP contribution in [0.1, 0.15) is 226 Å². The van der Waals surface area contributed by atoms with E-state index in [4.69, 9.17) is 9.05 Å². The third-order valence-corrected chi connectivity index (χ3v) is 12.1. The van der Waals surface area contributed by atoms with Gasteiger partial charge in [0.05, 0.1) is 39.9 Å². The molecule has 0 aromatic carbocycles. The maximum atomic E-state index is 12.8. The van der Waals surface area contributed by atoms with Crippen molar-refractivity contribution in [2.45, 2.75) is 238 Å². The van der Waals surface area contributed by atoms with Gasteiger partial charge in [0, 0.05) is 6.42 Å². The Morgan fingerprint density at radius 2 is 0.966 bits per heavy atom. The lowest BCUT2D eigenvalue weighted by molar-refractivity contribution is -0.870. The van der Waals surface area contributed by atoms with E-state index < -0.39 is 20.0 Å². The van der Waals surface area contributed by atoms with Crippen molar-refractivity contribution in [2.75, 3.05) is 40.9 Å². The molecule has 0 aliphatic heterocycles. The number of nitrogens with one attached hydrogen (secondary N) is 1. The van der Waals surface area contributed by atoms with E-state index in [-0.39, 0.29) is 19.1 Å². The number of rotatable bonds is 45. The molecule has 348 valence electrons. The SMILES string of the molecule is CCCCCCC/C=C\C/C=C\CCCCCCCCCCCCCCCCCCCC(=O)NC(COP(=O)(O)OCC[N+](C)(C)C)C(O)/C=C/CCCCCCCC. The molecule has 9 heteroatoms. The van der Waals surface area contributed by atoms with Gasteiger partial charge in [0.15, 0.2) is 0 Å². The number of hydrogen-bond acceptors (Lipinski definition) is 5. The van der Waals surface area contributed by atoms with E-state index in [1.807, 2.05) is 27.2 Å². The number of likely N-dealkylation sites (N-methyl/N-ethyl adjacent to an activating group) is 1. The van der Waals surface area contributed by atoms with Crippen molar-refractivity contribution in [2.24, 2.45) is 0 Å². The molecule has 0 heterocycles. The maximum absolute atomic E-state index is 12.8. The van der Waals surface area contributed by atoms with E-state index in [1.165, 1.54) is 161 Å². The first-order valence-electron chi connectivity index (χ1n) is 24.9. The summed E-state index contributed by atoms with van der Waals surface area (Å²) in [5.74, 6) is -0.179. The number of phosphoric ester groups is 1. The van der Waals surface area contributed by atoms with Crippen LogP contribution in [0.3, 0.4) is 0 Å². The Kier molecular flexibility index (Phi) is 41.1. The van der Waals surface area contributed by atoms with Crippen LogP contribution >= 0.6 is 7.82 Å². The molecule has 1 amide bonds. The van der Waals surface area contributed by atoms with Crippen molar-refractivity contribution in [3.63, 3.8) is 0 Å². The number of hydrogen-bond donors (Lipinski definition) is 3. The number of phosphoric acid groups is 1. The molecule has 59 heavy (non-hydrogen) atoms. The first-order valence-corrected chi connectivity index (χ1v) is 26.4. The first kappa shape index (κ1) is 57.7. The summed E-state index contributed by atoms with van der Waals surface area (Å²) in [5, 5.41) is 13.7. The van der Waals surface area contributed by atoms with Crippen molar-refractivity contribution in [1.29, 1.82) is 0 Å². The first-order chi connectivity index (χ1) is 28.5. The Bertz CT molecular complexity index is 1060. The predicted octanol–water partition coefficient (Wildman–Crippen LogP) is 14.3. The minimum atomic E-state index is -4.33. The lowest BCUT2D eigenvalue weighted by Gasteiger charge is -2.25. The summed E-state index contributed by atoms with van der Waals surface area (Å²) in [4.78, 5) is 23.1. The van der Waals surface area contributed by atoms with Crippen LogP contribution in [0.4, 0.5) is 0 Å². The summed E-state index contributed by atoms with van der Waals surface area (Å²) in [6.07, 6.45) is 52.5. The van der Waals surface area contributed by atoms with Crippen LogP contribution in [0.15, 0.2) is 36.5 Å². The summed E-state index contributed by atoms with van der Waals surface area (Å²) < 4.78 is 23.5. The highest BCUT2D eigenvalue weighted by molar-refractivity contribution is 7.47. The number of carbonyl (C=O) groups is 1. The number of unbranched alkanes of at least 4 members (excludes halogenated alkanes) is 28. The molecule has 3 atom stereocenters. The minimum Gasteiger partial charge on any atom is -0.387 e. The molecule has 0 aliphatic carbocycles. The normalized spacial score (nSPS) is 14.5. The second-order valence-corrected chi connectivity index (χ2v) is 19.6. The highest BCUT2D eigenvalue weighted by atomic mass is 31.2. The zero-order valence-corrected chi connectivity index (χ0v) is 40.4. The van der Waals surface area contributed by atoms with Crippen LogP contribution in [0.5, 0.6) is 0 Å². The molecule has 0 fully saturated rings. The van der Waals surface area contributed by atoms with Gasteiger partial charge in [-0.2, -0.15) is 0 Å². The second-order valence-electron chi connectivity index (χ2n) is 18.2. The highest BCUT2D eigenvalue weighted by Gasteiger charge is 2.27. The number of amides is 1. The summed E-state index contributed by atoms with van der Waals surface area (Å²) in [5.41, 5.74) is 0. The predicted molar refractivity (Wildman–Crippen MR) is 254 cm³/mol.